The lowest BCUT2D eigenvalue weighted by Gasteiger charge is -2.25. The maximum Gasteiger partial charge on any atom is 0.257 e. The zero-order valence-corrected chi connectivity index (χ0v) is 14.6. The van der Waals surface area contributed by atoms with Gasteiger partial charge in [0.15, 0.2) is 11.9 Å². The van der Waals surface area contributed by atoms with Gasteiger partial charge in [-0.05, 0) is 49.2 Å². The molecular weight excluding hydrogens is 330 g/mol. The molecule has 3 heterocycles. The summed E-state index contributed by atoms with van der Waals surface area (Å²) in [6.07, 6.45) is 3.35. The monoisotopic (exact) mass is 353 g/mol. The van der Waals surface area contributed by atoms with Crippen molar-refractivity contribution in [1.82, 2.24) is 15.6 Å². The Morgan fingerprint density at radius 3 is 2.81 bits per heavy atom. The van der Waals surface area contributed by atoms with Gasteiger partial charge in [-0.15, -0.1) is 0 Å². The van der Waals surface area contributed by atoms with Crippen LogP contribution >= 0.6 is 0 Å². The highest BCUT2D eigenvalue weighted by Gasteiger charge is 2.23. The smallest absolute Gasteiger partial charge is 0.257 e. The molecule has 0 unspecified atom stereocenters. The summed E-state index contributed by atoms with van der Waals surface area (Å²) in [7, 11) is 0. The first-order chi connectivity index (χ1) is 12.8. The molecule has 1 saturated heterocycles. The number of nitrogens with zero attached hydrogens (tertiary/aromatic N) is 1. The summed E-state index contributed by atoms with van der Waals surface area (Å²) < 4.78 is 11.6. The number of hydrogen-bond donors (Lipinski definition) is 2. The van der Waals surface area contributed by atoms with Crippen LogP contribution in [0.5, 0.6) is 11.6 Å². The van der Waals surface area contributed by atoms with Crippen LogP contribution in [0.3, 0.4) is 0 Å². The second kappa shape index (κ2) is 7.74. The fourth-order valence-electron chi connectivity index (χ4n) is 3.34. The van der Waals surface area contributed by atoms with Crippen LogP contribution in [0, 0.1) is 5.92 Å². The van der Waals surface area contributed by atoms with E-state index in [1.165, 1.54) is 0 Å². The quantitative estimate of drug-likeness (QED) is 0.882. The molecular formula is C20H23N3O3. The molecule has 2 aliphatic rings. The van der Waals surface area contributed by atoms with Gasteiger partial charge in [0.05, 0.1) is 0 Å². The lowest BCUT2D eigenvalue weighted by atomic mass is 9.97. The van der Waals surface area contributed by atoms with E-state index in [-0.39, 0.29) is 17.9 Å². The zero-order valence-electron chi connectivity index (χ0n) is 14.6. The Labute approximate surface area is 152 Å². The SMILES string of the molecule is O=C(NCc1ccc([C@@H]2COc3cccnc3O2)cc1)C1CCNCC1. The minimum atomic E-state index is -0.171. The normalized spacial score (nSPS) is 19.8. The number of ether oxygens (including phenoxy) is 2. The highest BCUT2D eigenvalue weighted by atomic mass is 16.6. The number of piperidine rings is 1. The van der Waals surface area contributed by atoms with Crippen molar-refractivity contribution in [3.05, 3.63) is 53.7 Å². The van der Waals surface area contributed by atoms with Gasteiger partial charge in [0.2, 0.25) is 5.91 Å². The summed E-state index contributed by atoms with van der Waals surface area (Å²) in [6, 6.07) is 11.8. The maximum absolute atomic E-state index is 12.2. The zero-order chi connectivity index (χ0) is 17.8. The molecule has 0 bridgehead atoms. The molecule has 1 amide bonds. The van der Waals surface area contributed by atoms with Crippen LogP contribution in [0.4, 0.5) is 0 Å². The van der Waals surface area contributed by atoms with Crippen molar-refractivity contribution in [2.24, 2.45) is 5.92 Å². The minimum absolute atomic E-state index is 0.135. The lowest BCUT2D eigenvalue weighted by Crippen LogP contribution is -2.37. The van der Waals surface area contributed by atoms with Gasteiger partial charge in [-0.25, -0.2) is 4.98 Å². The molecule has 6 heteroatoms. The van der Waals surface area contributed by atoms with Crippen molar-refractivity contribution in [2.75, 3.05) is 19.7 Å². The van der Waals surface area contributed by atoms with Crippen molar-refractivity contribution in [3.8, 4) is 11.6 Å². The van der Waals surface area contributed by atoms with E-state index in [2.05, 4.69) is 15.6 Å². The van der Waals surface area contributed by atoms with E-state index in [9.17, 15) is 4.79 Å². The average molecular weight is 353 g/mol. The number of aromatic nitrogens is 1. The minimum Gasteiger partial charge on any atom is -0.484 e. The van der Waals surface area contributed by atoms with Crippen LogP contribution in [0.2, 0.25) is 0 Å². The van der Waals surface area contributed by atoms with Gasteiger partial charge in [0.25, 0.3) is 5.88 Å². The molecule has 0 saturated carbocycles. The molecule has 2 N–H and O–H groups in total. The summed E-state index contributed by atoms with van der Waals surface area (Å²) in [4.78, 5) is 16.4. The summed E-state index contributed by atoms with van der Waals surface area (Å²) in [5.74, 6) is 1.50. The van der Waals surface area contributed by atoms with Crippen molar-refractivity contribution >= 4 is 5.91 Å². The number of rotatable bonds is 4. The van der Waals surface area contributed by atoms with Crippen molar-refractivity contribution in [1.29, 1.82) is 0 Å². The molecule has 136 valence electrons. The molecule has 2 aromatic rings. The van der Waals surface area contributed by atoms with Crippen molar-refractivity contribution in [3.63, 3.8) is 0 Å². The molecule has 0 spiro atoms. The van der Waals surface area contributed by atoms with E-state index in [0.29, 0.717) is 24.8 Å². The number of hydrogen-bond acceptors (Lipinski definition) is 5. The first kappa shape index (κ1) is 16.8. The summed E-state index contributed by atoms with van der Waals surface area (Å²) in [5, 5.41) is 6.33. The Hall–Kier alpha value is -2.60. The Balaban J connectivity index is 1.33. The van der Waals surface area contributed by atoms with Gasteiger partial charge in [0, 0.05) is 18.7 Å². The second-order valence-electron chi connectivity index (χ2n) is 6.71. The molecule has 1 aromatic heterocycles. The fraction of sp³-hybridized carbons (Fsp3) is 0.400. The maximum atomic E-state index is 12.2. The van der Waals surface area contributed by atoms with Crippen LogP contribution in [-0.4, -0.2) is 30.6 Å². The van der Waals surface area contributed by atoms with Crippen molar-refractivity contribution < 1.29 is 14.3 Å². The Morgan fingerprint density at radius 2 is 2.00 bits per heavy atom. The third-order valence-corrected chi connectivity index (χ3v) is 4.91. The van der Waals surface area contributed by atoms with Gasteiger partial charge in [-0.3, -0.25) is 4.79 Å². The first-order valence-corrected chi connectivity index (χ1v) is 9.11. The van der Waals surface area contributed by atoms with E-state index in [0.717, 1.165) is 37.1 Å². The molecule has 1 aromatic carbocycles. The van der Waals surface area contributed by atoms with Gasteiger partial charge in [-0.1, -0.05) is 24.3 Å². The van der Waals surface area contributed by atoms with Gasteiger partial charge >= 0.3 is 0 Å². The van der Waals surface area contributed by atoms with E-state index in [1.54, 1.807) is 6.20 Å². The highest BCUT2D eigenvalue weighted by Crippen LogP contribution is 2.33. The van der Waals surface area contributed by atoms with E-state index >= 15 is 0 Å². The molecule has 26 heavy (non-hydrogen) atoms. The van der Waals surface area contributed by atoms with E-state index in [1.807, 2.05) is 36.4 Å². The number of nitrogens with one attached hydrogen (secondary N) is 2. The van der Waals surface area contributed by atoms with Crippen LogP contribution in [0.1, 0.15) is 30.1 Å². The highest BCUT2D eigenvalue weighted by molar-refractivity contribution is 5.78. The molecule has 6 nitrogen and oxygen atoms in total. The topological polar surface area (TPSA) is 72.5 Å². The Morgan fingerprint density at radius 1 is 1.19 bits per heavy atom. The van der Waals surface area contributed by atoms with Gasteiger partial charge < -0.3 is 20.1 Å². The second-order valence-corrected chi connectivity index (χ2v) is 6.71. The average Bonchev–Trinajstić information content (AvgIpc) is 2.72. The number of benzene rings is 1. The molecule has 1 fully saturated rings. The number of amides is 1. The van der Waals surface area contributed by atoms with Crippen LogP contribution < -0.4 is 20.1 Å². The summed E-state index contributed by atoms with van der Waals surface area (Å²) in [6.45, 7) is 2.86. The van der Waals surface area contributed by atoms with E-state index < -0.39 is 0 Å². The fourth-order valence-corrected chi connectivity index (χ4v) is 3.34. The molecule has 4 rings (SSSR count). The Bertz CT molecular complexity index is 757. The van der Waals surface area contributed by atoms with Crippen LogP contribution in [-0.2, 0) is 11.3 Å². The lowest BCUT2D eigenvalue weighted by molar-refractivity contribution is -0.125. The van der Waals surface area contributed by atoms with Gasteiger partial charge in [-0.2, -0.15) is 0 Å². The predicted octanol–water partition coefficient (Wildman–Crippen LogP) is 2.21. The standard InChI is InChI=1S/C20H23N3O3/c24-19(16-7-10-21-11-8-16)23-12-14-3-5-15(6-4-14)18-13-25-17-2-1-9-22-20(17)26-18/h1-6,9,16,18,21H,7-8,10-13H2,(H,23,24)/t18-/m0/s1. The van der Waals surface area contributed by atoms with Gasteiger partial charge in [0.1, 0.15) is 6.61 Å². The third-order valence-electron chi connectivity index (χ3n) is 4.91. The number of pyridine rings is 1. The summed E-state index contributed by atoms with van der Waals surface area (Å²) >= 11 is 0. The number of fused-ring (bicyclic) bond motifs is 1. The van der Waals surface area contributed by atoms with Crippen LogP contribution in [0.15, 0.2) is 42.6 Å². The molecule has 2 aliphatic heterocycles. The summed E-state index contributed by atoms with van der Waals surface area (Å²) in [5.41, 5.74) is 2.11. The van der Waals surface area contributed by atoms with E-state index in [4.69, 9.17) is 9.47 Å². The molecule has 0 aliphatic carbocycles. The molecule has 1 atom stereocenters. The Kier molecular flexibility index (Phi) is 5.02. The largest absolute Gasteiger partial charge is 0.484 e. The first-order valence-electron chi connectivity index (χ1n) is 9.11. The molecule has 0 radical (unpaired) electrons. The number of carbonyl (C=O) groups is 1. The predicted molar refractivity (Wildman–Crippen MR) is 97.0 cm³/mol. The van der Waals surface area contributed by atoms with Crippen molar-refractivity contribution in [2.45, 2.75) is 25.5 Å². The van der Waals surface area contributed by atoms with Crippen LogP contribution in [0.25, 0.3) is 0 Å². The third kappa shape index (κ3) is 3.80. The number of carbonyl (C=O) groups excluding carboxylic acids is 1.